The number of nitrogens with zero attached hydrogens (tertiary/aromatic N) is 3. The van der Waals surface area contributed by atoms with E-state index in [2.05, 4.69) is 21.1 Å². The second kappa shape index (κ2) is 8.62. The van der Waals surface area contributed by atoms with Crippen LogP contribution in [-0.2, 0) is 4.74 Å². The molecule has 3 fully saturated rings. The Morgan fingerprint density at radius 2 is 1.89 bits per heavy atom. The van der Waals surface area contributed by atoms with E-state index in [1.165, 1.54) is 24.3 Å². The molecule has 2 N–H and O–H groups in total. The zero-order valence-electron chi connectivity index (χ0n) is 20.9. The summed E-state index contributed by atoms with van der Waals surface area (Å²) in [6.45, 7) is 4.58. The van der Waals surface area contributed by atoms with Crippen molar-refractivity contribution < 1.29 is 18.6 Å². The molecular formula is C30H26F2N4O2. The molecule has 4 aromatic rings. The maximum absolute atomic E-state index is 16.7. The minimum absolute atomic E-state index is 0.00883. The molecule has 38 heavy (non-hydrogen) atoms. The molecule has 2 atom stereocenters. The number of ether oxygens (including phenoxy) is 1. The summed E-state index contributed by atoms with van der Waals surface area (Å²) in [6.07, 6.45) is 9.54. The topological polar surface area (TPSA) is 70.5 Å². The smallest absolute Gasteiger partial charge is 0.157 e. The van der Waals surface area contributed by atoms with Crippen LogP contribution in [0.5, 0.6) is 5.75 Å². The number of nitrogens with one attached hydrogen (secondary N) is 1. The fraction of sp³-hybridized carbons (Fsp3) is 0.333. The number of aryl methyl sites for hydroxylation is 1. The first-order valence-electron chi connectivity index (χ1n) is 12.9. The fourth-order valence-corrected chi connectivity index (χ4v) is 6.35. The fourth-order valence-electron chi connectivity index (χ4n) is 6.35. The molecule has 0 spiro atoms. The molecule has 3 aliphatic rings. The molecule has 0 radical (unpaired) electrons. The van der Waals surface area contributed by atoms with Gasteiger partial charge in [-0.25, -0.2) is 13.8 Å². The van der Waals surface area contributed by atoms with Gasteiger partial charge in [0.1, 0.15) is 23.1 Å². The number of pyridine rings is 2. The number of piperazine rings is 1. The standard InChI is InChI=1S/C30H26F2N4O2/c1-3-21-24(31)7-4-16-8-20(37)9-22(26(16)21)29-27(32)25-15(2)28(17-13-38-14-17)35-30(23(25)10-33-29)36-11-18-5-6-19(12-36)34-18/h1,4,7-10,17-19,34,37H,5-6,11-14H2,2H3. The average molecular weight is 513 g/mol. The molecule has 192 valence electrons. The predicted molar refractivity (Wildman–Crippen MR) is 142 cm³/mol. The van der Waals surface area contributed by atoms with E-state index in [1.807, 2.05) is 6.92 Å². The lowest BCUT2D eigenvalue weighted by molar-refractivity contribution is 0.00654. The Balaban J connectivity index is 1.50. The third kappa shape index (κ3) is 3.46. The lowest BCUT2D eigenvalue weighted by atomic mass is 9.92. The maximum Gasteiger partial charge on any atom is 0.157 e. The number of anilines is 1. The number of fused-ring (bicyclic) bond motifs is 4. The summed E-state index contributed by atoms with van der Waals surface area (Å²) in [6, 6.07) is 6.42. The molecule has 8 heteroatoms. The quantitative estimate of drug-likeness (QED) is 0.385. The van der Waals surface area contributed by atoms with Crippen LogP contribution in [0.15, 0.2) is 30.5 Å². The van der Waals surface area contributed by atoms with Gasteiger partial charge in [0.15, 0.2) is 5.82 Å². The highest BCUT2D eigenvalue weighted by Crippen LogP contribution is 2.42. The molecular weight excluding hydrogens is 486 g/mol. The van der Waals surface area contributed by atoms with E-state index in [0.717, 1.165) is 43.0 Å². The number of terminal acetylenes is 1. The Bertz CT molecular complexity index is 1670. The van der Waals surface area contributed by atoms with E-state index in [1.54, 1.807) is 6.20 Å². The van der Waals surface area contributed by atoms with Gasteiger partial charge in [0, 0.05) is 59.0 Å². The molecule has 0 amide bonds. The van der Waals surface area contributed by atoms with Crippen molar-refractivity contribution in [1.82, 2.24) is 15.3 Å². The Morgan fingerprint density at radius 3 is 2.58 bits per heavy atom. The van der Waals surface area contributed by atoms with Crippen molar-refractivity contribution in [3.63, 3.8) is 0 Å². The molecule has 2 unspecified atom stereocenters. The van der Waals surface area contributed by atoms with Crippen LogP contribution in [0, 0.1) is 30.9 Å². The number of hydrogen-bond donors (Lipinski definition) is 2. The van der Waals surface area contributed by atoms with Crippen LogP contribution < -0.4 is 10.2 Å². The Labute approximate surface area is 218 Å². The molecule has 2 aromatic carbocycles. The van der Waals surface area contributed by atoms with E-state index in [-0.39, 0.29) is 28.5 Å². The van der Waals surface area contributed by atoms with E-state index in [0.29, 0.717) is 46.8 Å². The highest BCUT2D eigenvalue weighted by atomic mass is 19.1. The van der Waals surface area contributed by atoms with E-state index in [4.69, 9.17) is 16.1 Å². The number of aromatic hydroxyl groups is 1. The molecule has 0 aliphatic carbocycles. The van der Waals surface area contributed by atoms with Crippen LogP contribution in [0.1, 0.15) is 35.6 Å². The van der Waals surface area contributed by atoms with Gasteiger partial charge < -0.3 is 20.1 Å². The van der Waals surface area contributed by atoms with Crippen molar-refractivity contribution in [3.8, 4) is 29.4 Å². The summed E-state index contributed by atoms with van der Waals surface area (Å²) in [7, 11) is 0. The van der Waals surface area contributed by atoms with Gasteiger partial charge in [-0.1, -0.05) is 12.0 Å². The Kier molecular flexibility index (Phi) is 5.29. The number of phenols is 1. The second-order valence-electron chi connectivity index (χ2n) is 10.6. The monoisotopic (exact) mass is 512 g/mol. The van der Waals surface area contributed by atoms with Crippen LogP contribution in [0.25, 0.3) is 32.8 Å². The van der Waals surface area contributed by atoms with Crippen LogP contribution in [-0.4, -0.2) is 53.5 Å². The number of rotatable bonds is 3. The van der Waals surface area contributed by atoms with Gasteiger partial charge in [-0.05, 0) is 48.9 Å². The van der Waals surface area contributed by atoms with E-state index >= 15 is 4.39 Å². The summed E-state index contributed by atoms with van der Waals surface area (Å²) in [5.41, 5.74) is 1.84. The van der Waals surface area contributed by atoms with Crippen LogP contribution in [0.4, 0.5) is 14.6 Å². The molecule has 2 aromatic heterocycles. The highest BCUT2D eigenvalue weighted by Gasteiger charge is 2.35. The third-order valence-corrected chi connectivity index (χ3v) is 8.24. The largest absolute Gasteiger partial charge is 0.508 e. The zero-order chi connectivity index (χ0) is 26.1. The normalized spacial score (nSPS) is 21.2. The van der Waals surface area contributed by atoms with Crippen molar-refractivity contribution in [2.75, 3.05) is 31.2 Å². The summed E-state index contributed by atoms with van der Waals surface area (Å²) >= 11 is 0. The van der Waals surface area contributed by atoms with Crippen molar-refractivity contribution >= 4 is 27.4 Å². The number of aromatic nitrogens is 2. The molecule has 7 rings (SSSR count). The van der Waals surface area contributed by atoms with Crippen LogP contribution >= 0.6 is 0 Å². The molecule has 2 bridgehead atoms. The van der Waals surface area contributed by atoms with Crippen molar-refractivity contribution in [1.29, 1.82) is 0 Å². The molecule has 6 nitrogen and oxygen atoms in total. The number of benzene rings is 2. The first-order valence-corrected chi connectivity index (χ1v) is 12.9. The summed E-state index contributed by atoms with van der Waals surface area (Å²) in [5, 5.41) is 16.0. The first-order chi connectivity index (χ1) is 18.4. The molecule has 3 aliphatic heterocycles. The summed E-state index contributed by atoms with van der Waals surface area (Å²) < 4.78 is 36.9. The van der Waals surface area contributed by atoms with Gasteiger partial charge in [-0.15, -0.1) is 6.42 Å². The van der Waals surface area contributed by atoms with Crippen molar-refractivity contribution in [2.24, 2.45) is 0 Å². The van der Waals surface area contributed by atoms with E-state index < -0.39 is 11.6 Å². The SMILES string of the molecule is C#Cc1c(F)ccc2cc(O)cc(-c3ncc4c(N5CC6CCC(C5)N6)nc(C5COC5)c(C)c4c3F)c12. The minimum Gasteiger partial charge on any atom is -0.508 e. The van der Waals surface area contributed by atoms with Gasteiger partial charge in [0.05, 0.1) is 24.5 Å². The van der Waals surface area contributed by atoms with Gasteiger partial charge >= 0.3 is 0 Å². The summed E-state index contributed by atoms with van der Waals surface area (Å²) in [5.74, 6) is 2.02. The van der Waals surface area contributed by atoms with Crippen LogP contribution in [0.2, 0.25) is 0 Å². The average Bonchev–Trinajstić information content (AvgIpc) is 3.21. The Hall–Kier alpha value is -3.80. The molecule has 3 saturated heterocycles. The lowest BCUT2D eigenvalue weighted by Gasteiger charge is -2.36. The van der Waals surface area contributed by atoms with Crippen LogP contribution in [0.3, 0.4) is 0 Å². The summed E-state index contributed by atoms with van der Waals surface area (Å²) in [4.78, 5) is 11.9. The lowest BCUT2D eigenvalue weighted by Crippen LogP contribution is -2.51. The van der Waals surface area contributed by atoms with Gasteiger partial charge in [0.2, 0.25) is 0 Å². The third-order valence-electron chi connectivity index (χ3n) is 8.24. The molecule has 0 saturated carbocycles. The number of hydrogen-bond acceptors (Lipinski definition) is 6. The first kappa shape index (κ1) is 23.3. The highest BCUT2D eigenvalue weighted by molar-refractivity contribution is 6.04. The zero-order valence-corrected chi connectivity index (χ0v) is 20.9. The maximum atomic E-state index is 16.7. The van der Waals surface area contributed by atoms with Gasteiger partial charge in [0.25, 0.3) is 0 Å². The van der Waals surface area contributed by atoms with Gasteiger partial charge in [-0.2, -0.15) is 0 Å². The Morgan fingerprint density at radius 1 is 1.13 bits per heavy atom. The second-order valence-corrected chi connectivity index (χ2v) is 10.6. The van der Waals surface area contributed by atoms with E-state index in [9.17, 15) is 9.50 Å². The van der Waals surface area contributed by atoms with Crippen molar-refractivity contribution in [3.05, 3.63) is 58.9 Å². The number of halogens is 2. The van der Waals surface area contributed by atoms with Crippen molar-refractivity contribution in [2.45, 2.75) is 37.8 Å². The molecule has 5 heterocycles. The van der Waals surface area contributed by atoms with Gasteiger partial charge in [-0.3, -0.25) is 4.98 Å². The predicted octanol–water partition coefficient (Wildman–Crippen LogP) is 4.78. The minimum atomic E-state index is -0.587. The number of phenolic OH excluding ortho intramolecular Hbond substituents is 1.